The topological polar surface area (TPSA) is 105 Å². The normalized spacial score (nSPS) is 12.3. The number of nitrogens with zero attached hydrogens (tertiary/aromatic N) is 5. The SMILES string of the molecule is CCN(CC)[C@@H](C)CNC(=O)c1cc(NC(=O)C(C)C)nc(-c2cnn3ccc(-c4cccs4)nc23)c1. The van der Waals surface area contributed by atoms with Gasteiger partial charge in [0.25, 0.3) is 5.91 Å². The second-order valence-electron chi connectivity index (χ2n) is 9.17. The molecule has 2 N–H and O–H groups in total. The van der Waals surface area contributed by atoms with Crippen LogP contribution in [0.3, 0.4) is 0 Å². The van der Waals surface area contributed by atoms with E-state index in [2.05, 4.69) is 46.4 Å². The molecule has 4 rings (SSSR count). The van der Waals surface area contributed by atoms with Crippen LogP contribution in [0.15, 0.2) is 48.1 Å². The Bertz CT molecular complexity index is 1380. The molecule has 0 radical (unpaired) electrons. The lowest BCUT2D eigenvalue weighted by Crippen LogP contribution is -2.42. The standard InChI is InChI=1S/C27H33N7O2S/c1-6-33(7-2)18(5)15-28-27(36)19-13-22(30-24(14-19)32-26(35)17(3)4)20-16-29-34-11-10-21(31-25(20)34)23-9-8-12-37-23/h8-14,16-18H,6-7,15H2,1-5H3,(H,28,36)(H,30,32,35)/t18-/m0/s1. The molecule has 1 atom stereocenters. The number of aromatic nitrogens is 4. The van der Waals surface area contributed by atoms with Gasteiger partial charge in [-0.15, -0.1) is 11.3 Å². The van der Waals surface area contributed by atoms with Crippen LogP contribution in [-0.2, 0) is 4.79 Å². The van der Waals surface area contributed by atoms with E-state index < -0.39 is 0 Å². The number of rotatable bonds is 10. The minimum Gasteiger partial charge on any atom is -0.350 e. The maximum Gasteiger partial charge on any atom is 0.251 e. The first-order valence-corrected chi connectivity index (χ1v) is 13.4. The highest BCUT2D eigenvalue weighted by atomic mass is 32.1. The van der Waals surface area contributed by atoms with E-state index in [1.807, 2.05) is 43.6 Å². The molecule has 0 fully saturated rings. The largest absolute Gasteiger partial charge is 0.350 e. The Kier molecular flexibility index (Phi) is 8.30. The van der Waals surface area contributed by atoms with E-state index in [0.29, 0.717) is 34.8 Å². The highest BCUT2D eigenvalue weighted by molar-refractivity contribution is 7.13. The molecule has 0 aliphatic rings. The molecule has 4 aromatic rings. The van der Waals surface area contributed by atoms with E-state index in [1.54, 1.807) is 34.2 Å². The number of anilines is 1. The van der Waals surface area contributed by atoms with Crippen molar-refractivity contribution in [2.45, 2.75) is 40.7 Å². The molecule has 0 aliphatic heterocycles. The monoisotopic (exact) mass is 519 g/mol. The quantitative estimate of drug-likeness (QED) is 0.318. The average Bonchev–Trinajstić information content (AvgIpc) is 3.57. The van der Waals surface area contributed by atoms with Crippen molar-refractivity contribution in [3.05, 3.63) is 53.7 Å². The van der Waals surface area contributed by atoms with Crippen LogP contribution in [0.1, 0.15) is 45.0 Å². The van der Waals surface area contributed by atoms with Crippen molar-refractivity contribution < 1.29 is 9.59 Å². The summed E-state index contributed by atoms with van der Waals surface area (Å²) in [6.07, 6.45) is 3.54. The summed E-state index contributed by atoms with van der Waals surface area (Å²) in [6.45, 7) is 12.2. The average molecular weight is 520 g/mol. The third kappa shape index (κ3) is 6.03. The fraction of sp³-hybridized carbons (Fsp3) is 0.370. The lowest BCUT2D eigenvalue weighted by Gasteiger charge is -2.26. The highest BCUT2D eigenvalue weighted by Crippen LogP contribution is 2.28. The van der Waals surface area contributed by atoms with Crippen molar-refractivity contribution in [2.24, 2.45) is 5.92 Å². The lowest BCUT2D eigenvalue weighted by molar-refractivity contribution is -0.118. The number of hydrogen-bond donors (Lipinski definition) is 2. The van der Waals surface area contributed by atoms with Crippen molar-refractivity contribution >= 4 is 34.6 Å². The van der Waals surface area contributed by atoms with Crippen molar-refractivity contribution in [3.8, 4) is 21.8 Å². The number of carbonyl (C=O) groups excluding carboxylic acids is 2. The molecule has 0 aliphatic carbocycles. The Morgan fingerprint density at radius 2 is 1.86 bits per heavy atom. The first-order chi connectivity index (χ1) is 17.8. The molecule has 0 unspecified atom stereocenters. The number of fused-ring (bicyclic) bond motifs is 1. The Balaban J connectivity index is 1.71. The molecule has 4 heterocycles. The highest BCUT2D eigenvalue weighted by Gasteiger charge is 2.19. The fourth-order valence-corrected chi connectivity index (χ4v) is 4.76. The number of carbonyl (C=O) groups is 2. The second-order valence-corrected chi connectivity index (χ2v) is 10.1. The van der Waals surface area contributed by atoms with Gasteiger partial charge in [-0.2, -0.15) is 5.10 Å². The van der Waals surface area contributed by atoms with Crippen molar-refractivity contribution in [1.29, 1.82) is 0 Å². The molecule has 0 bridgehead atoms. The van der Waals surface area contributed by atoms with Crippen LogP contribution in [0.5, 0.6) is 0 Å². The van der Waals surface area contributed by atoms with Crippen LogP contribution in [0.2, 0.25) is 0 Å². The maximum absolute atomic E-state index is 13.2. The maximum atomic E-state index is 13.2. The number of nitrogens with one attached hydrogen (secondary N) is 2. The summed E-state index contributed by atoms with van der Waals surface area (Å²) in [7, 11) is 0. The van der Waals surface area contributed by atoms with Gasteiger partial charge in [-0.3, -0.25) is 14.5 Å². The third-order valence-corrected chi connectivity index (χ3v) is 7.17. The number of hydrogen-bond acceptors (Lipinski definition) is 7. The van der Waals surface area contributed by atoms with Crippen molar-refractivity contribution in [2.75, 3.05) is 25.0 Å². The predicted molar refractivity (Wildman–Crippen MR) is 148 cm³/mol. The molecule has 4 aromatic heterocycles. The van der Waals surface area contributed by atoms with Crippen LogP contribution in [0.4, 0.5) is 5.82 Å². The first kappa shape index (κ1) is 26.4. The summed E-state index contributed by atoms with van der Waals surface area (Å²) in [5, 5.41) is 12.3. The molecular formula is C27H33N7O2S. The van der Waals surface area contributed by atoms with Gasteiger partial charge in [0.05, 0.1) is 28.0 Å². The fourth-order valence-electron chi connectivity index (χ4n) is 4.06. The molecule has 0 saturated carbocycles. The predicted octanol–water partition coefficient (Wildman–Crippen LogP) is 4.57. The van der Waals surface area contributed by atoms with Gasteiger partial charge in [0.1, 0.15) is 5.82 Å². The Morgan fingerprint density at radius 3 is 2.54 bits per heavy atom. The molecule has 2 amide bonds. The minimum atomic E-state index is -0.232. The summed E-state index contributed by atoms with van der Waals surface area (Å²) in [5.41, 5.74) is 3.03. The summed E-state index contributed by atoms with van der Waals surface area (Å²) in [5.74, 6) is -0.327. The molecule has 0 aromatic carbocycles. The van der Waals surface area contributed by atoms with Gasteiger partial charge in [-0.05, 0) is 49.7 Å². The summed E-state index contributed by atoms with van der Waals surface area (Å²) < 4.78 is 1.68. The van der Waals surface area contributed by atoms with E-state index in [4.69, 9.17) is 4.98 Å². The molecule has 37 heavy (non-hydrogen) atoms. The smallest absolute Gasteiger partial charge is 0.251 e. The first-order valence-electron chi connectivity index (χ1n) is 12.5. The van der Waals surface area contributed by atoms with E-state index in [0.717, 1.165) is 23.7 Å². The Labute approximate surface area is 220 Å². The second kappa shape index (κ2) is 11.6. The lowest BCUT2D eigenvalue weighted by atomic mass is 10.1. The number of amides is 2. The molecular weight excluding hydrogens is 486 g/mol. The third-order valence-electron chi connectivity index (χ3n) is 6.28. The number of pyridine rings is 1. The van der Waals surface area contributed by atoms with Crippen LogP contribution in [0.25, 0.3) is 27.5 Å². The Morgan fingerprint density at radius 1 is 1.08 bits per heavy atom. The summed E-state index contributed by atoms with van der Waals surface area (Å²) in [6, 6.07) is 9.44. The van der Waals surface area contributed by atoms with Gasteiger partial charge in [0.2, 0.25) is 5.91 Å². The molecule has 9 nitrogen and oxygen atoms in total. The van der Waals surface area contributed by atoms with E-state index in [9.17, 15) is 9.59 Å². The molecule has 10 heteroatoms. The van der Waals surface area contributed by atoms with Gasteiger partial charge in [-0.1, -0.05) is 33.8 Å². The zero-order valence-corrected chi connectivity index (χ0v) is 22.7. The van der Waals surface area contributed by atoms with Crippen LogP contribution in [-0.4, -0.2) is 62.0 Å². The minimum absolute atomic E-state index is 0.177. The zero-order valence-electron chi connectivity index (χ0n) is 21.9. The van der Waals surface area contributed by atoms with Crippen molar-refractivity contribution in [1.82, 2.24) is 29.8 Å². The van der Waals surface area contributed by atoms with Crippen molar-refractivity contribution in [3.63, 3.8) is 0 Å². The molecule has 0 saturated heterocycles. The van der Waals surface area contributed by atoms with Crippen LogP contribution in [0, 0.1) is 5.92 Å². The summed E-state index contributed by atoms with van der Waals surface area (Å²) >= 11 is 1.61. The van der Waals surface area contributed by atoms with Crippen LogP contribution >= 0.6 is 11.3 Å². The Hall–Kier alpha value is -3.63. The van der Waals surface area contributed by atoms with E-state index in [1.165, 1.54) is 0 Å². The van der Waals surface area contributed by atoms with Gasteiger partial charge >= 0.3 is 0 Å². The van der Waals surface area contributed by atoms with Crippen LogP contribution < -0.4 is 10.6 Å². The number of thiophene rings is 1. The van der Waals surface area contributed by atoms with Gasteiger partial charge < -0.3 is 10.6 Å². The van der Waals surface area contributed by atoms with Gasteiger partial charge in [-0.25, -0.2) is 14.5 Å². The zero-order chi connectivity index (χ0) is 26.5. The van der Waals surface area contributed by atoms with Gasteiger partial charge in [0.15, 0.2) is 5.65 Å². The molecule has 194 valence electrons. The van der Waals surface area contributed by atoms with E-state index >= 15 is 0 Å². The number of likely N-dealkylation sites (N-methyl/N-ethyl adjacent to an activating group) is 1. The summed E-state index contributed by atoms with van der Waals surface area (Å²) in [4.78, 5) is 38.5. The van der Waals surface area contributed by atoms with Gasteiger partial charge in [0, 0.05) is 30.3 Å². The van der Waals surface area contributed by atoms with E-state index in [-0.39, 0.29) is 23.8 Å². The molecule has 0 spiro atoms.